The normalized spacial score (nSPS) is 28.9. The molecular formula is C11H19NO2. The maximum atomic E-state index is 10.6. The number of hydrogen-bond acceptors (Lipinski definition) is 2. The van der Waals surface area contributed by atoms with Crippen molar-refractivity contribution in [2.45, 2.75) is 46.0 Å². The molecule has 0 aromatic heterocycles. The fourth-order valence-corrected chi connectivity index (χ4v) is 2.21. The Hall–Kier alpha value is -0.860. The Kier molecular flexibility index (Phi) is 4.11. The van der Waals surface area contributed by atoms with Crippen LogP contribution in [0.25, 0.3) is 0 Å². The van der Waals surface area contributed by atoms with E-state index in [-0.39, 0.29) is 4.92 Å². The van der Waals surface area contributed by atoms with Crippen LogP contribution in [0.4, 0.5) is 0 Å². The van der Waals surface area contributed by atoms with Crippen LogP contribution in [0.3, 0.4) is 0 Å². The van der Waals surface area contributed by atoms with E-state index in [0.717, 1.165) is 18.8 Å². The highest BCUT2D eigenvalue weighted by molar-refractivity contribution is 4.96. The van der Waals surface area contributed by atoms with E-state index in [0.29, 0.717) is 18.0 Å². The van der Waals surface area contributed by atoms with Gasteiger partial charge in [0.25, 0.3) is 0 Å². The zero-order chi connectivity index (χ0) is 10.6. The Balaban J connectivity index is 2.59. The minimum atomic E-state index is -0.237. The molecule has 1 aliphatic carbocycles. The summed E-state index contributed by atoms with van der Waals surface area (Å²) in [4.78, 5) is 10.4. The molecular weight excluding hydrogens is 178 g/mol. The van der Waals surface area contributed by atoms with Crippen molar-refractivity contribution in [3.8, 4) is 0 Å². The Bertz CT molecular complexity index is 235. The van der Waals surface area contributed by atoms with Crippen LogP contribution in [-0.2, 0) is 0 Å². The molecule has 1 rings (SSSR count). The average molecular weight is 197 g/mol. The number of rotatable bonds is 3. The summed E-state index contributed by atoms with van der Waals surface area (Å²) in [5.41, 5.74) is 0.393. The molecule has 0 bridgehead atoms. The van der Waals surface area contributed by atoms with E-state index < -0.39 is 0 Å². The van der Waals surface area contributed by atoms with Gasteiger partial charge in [-0.2, -0.15) is 0 Å². The second-order valence-electron chi connectivity index (χ2n) is 4.30. The first-order valence-electron chi connectivity index (χ1n) is 5.48. The lowest BCUT2D eigenvalue weighted by Gasteiger charge is -2.23. The largest absolute Gasteiger partial charge is 0.259 e. The van der Waals surface area contributed by atoms with E-state index in [4.69, 9.17) is 0 Å². The van der Waals surface area contributed by atoms with Crippen LogP contribution in [0, 0.1) is 22.0 Å². The summed E-state index contributed by atoms with van der Waals surface area (Å²) in [7, 11) is 0. The molecule has 1 aliphatic rings. The van der Waals surface area contributed by atoms with E-state index >= 15 is 0 Å². The Morgan fingerprint density at radius 2 is 2.29 bits per heavy atom. The van der Waals surface area contributed by atoms with E-state index in [9.17, 15) is 10.1 Å². The molecule has 0 N–H and O–H groups in total. The van der Waals surface area contributed by atoms with Crippen molar-refractivity contribution in [2.24, 2.45) is 11.8 Å². The quantitative estimate of drug-likeness (QED) is 0.514. The number of nitro groups is 1. The lowest BCUT2D eigenvalue weighted by Crippen LogP contribution is -2.12. The van der Waals surface area contributed by atoms with Gasteiger partial charge in [0.1, 0.15) is 0 Å². The predicted molar refractivity (Wildman–Crippen MR) is 56.5 cm³/mol. The Labute approximate surface area is 85.3 Å². The van der Waals surface area contributed by atoms with Crippen LogP contribution in [0.5, 0.6) is 0 Å². The molecule has 0 saturated heterocycles. The Morgan fingerprint density at radius 1 is 1.57 bits per heavy atom. The van der Waals surface area contributed by atoms with Gasteiger partial charge in [-0.3, -0.25) is 10.1 Å². The average Bonchev–Trinajstić information content (AvgIpc) is 2.14. The number of allylic oxidation sites excluding steroid dienone is 2. The van der Waals surface area contributed by atoms with Crippen molar-refractivity contribution in [1.82, 2.24) is 0 Å². The van der Waals surface area contributed by atoms with E-state index in [1.165, 1.54) is 12.8 Å². The minimum Gasteiger partial charge on any atom is -0.259 e. The lowest BCUT2D eigenvalue weighted by atomic mass is 9.82. The van der Waals surface area contributed by atoms with Gasteiger partial charge in [0.15, 0.2) is 0 Å². The SMILES string of the molecule is CC/C(=C\C1CCCC(C)C1)[N+](=O)[O-]. The molecule has 2 unspecified atom stereocenters. The molecule has 0 amide bonds. The minimum absolute atomic E-state index is 0.237. The third kappa shape index (κ3) is 3.13. The van der Waals surface area contributed by atoms with Gasteiger partial charge in [-0.05, 0) is 30.8 Å². The Morgan fingerprint density at radius 3 is 2.79 bits per heavy atom. The molecule has 2 atom stereocenters. The van der Waals surface area contributed by atoms with Crippen molar-refractivity contribution in [1.29, 1.82) is 0 Å². The first kappa shape index (κ1) is 11.2. The molecule has 14 heavy (non-hydrogen) atoms. The maximum absolute atomic E-state index is 10.6. The van der Waals surface area contributed by atoms with Gasteiger partial charge in [-0.15, -0.1) is 0 Å². The van der Waals surface area contributed by atoms with Crippen molar-refractivity contribution in [3.63, 3.8) is 0 Å². The van der Waals surface area contributed by atoms with Gasteiger partial charge in [0.2, 0.25) is 5.70 Å². The molecule has 0 aromatic carbocycles. The third-order valence-electron chi connectivity index (χ3n) is 3.00. The van der Waals surface area contributed by atoms with Gasteiger partial charge in [0.05, 0.1) is 4.92 Å². The van der Waals surface area contributed by atoms with Crippen molar-refractivity contribution < 1.29 is 4.92 Å². The fraction of sp³-hybridized carbons (Fsp3) is 0.818. The summed E-state index contributed by atoms with van der Waals surface area (Å²) < 4.78 is 0. The monoisotopic (exact) mass is 197 g/mol. The molecule has 1 fully saturated rings. The molecule has 1 saturated carbocycles. The predicted octanol–water partition coefficient (Wildman–Crippen LogP) is 3.38. The molecule has 80 valence electrons. The van der Waals surface area contributed by atoms with Gasteiger partial charge >= 0.3 is 0 Å². The van der Waals surface area contributed by atoms with Crippen LogP contribution >= 0.6 is 0 Å². The maximum Gasteiger partial charge on any atom is 0.242 e. The lowest BCUT2D eigenvalue weighted by molar-refractivity contribution is -0.428. The zero-order valence-electron chi connectivity index (χ0n) is 9.03. The third-order valence-corrected chi connectivity index (χ3v) is 3.00. The summed E-state index contributed by atoms with van der Waals surface area (Å²) in [6.45, 7) is 4.08. The number of hydrogen-bond donors (Lipinski definition) is 0. The second kappa shape index (κ2) is 5.13. The fourth-order valence-electron chi connectivity index (χ4n) is 2.21. The van der Waals surface area contributed by atoms with Crippen LogP contribution in [-0.4, -0.2) is 4.92 Å². The van der Waals surface area contributed by atoms with Crippen LogP contribution in [0.2, 0.25) is 0 Å². The highest BCUT2D eigenvalue weighted by Crippen LogP contribution is 2.30. The molecule has 3 heteroatoms. The van der Waals surface area contributed by atoms with Gasteiger partial charge < -0.3 is 0 Å². The molecule has 0 aromatic rings. The topological polar surface area (TPSA) is 43.1 Å². The molecule has 0 heterocycles. The van der Waals surface area contributed by atoms with Crippen LogP contribution < -0.4 is 0 Å². The standard InChI is InChI=1S/C11H19NO2/c1-3-11(12(13)14)8-10-6-4-5-9(2)7-10/h8-10H,3-7H2,1-2H3/b11-8+. The summed E-state index contributed by atoms with van der Waals surface area (Å²) in [6.07, 6.45) is 7.17. The van der Waals surface area contributed by atoms with Crippen LogP contribution in [0.15, 0.2) is 11.8 Å². The van der Waals surface area contributed by atoms with Gasteiger partial charge in [0, 0.05) is 6.42 Å². The van der Waals surface area contributed by atoms with E-state index in [1.807, 2.05) is 13.0 Å². The summed E-state index contributed by atoms with van der Waals surface area (Å²) in [5, 5.41) is 10.6. The van der Waals surface area contributed by atoms with E-state index in [1.54, 1.807) is 0 Å². The number of nitrogens with zero attached hydrogens (tertiary/aromatic N) is 1. The zero-order valence-corrected chi connectivity index (χ0v) is 9.03. The van der Waals surface area contributed by atoms with Crippen LogP contribution in [0.1, 0.15) is 46.0 Å². The summed E-state index contributed by atoms with van der Waals surface area (Å²) in [6, 6.07) is 0. The van der Waals surface area contributed by atoms with Crippen molar-refractivity contribution >= 4 is 0 Å². The first-order chi connectivity index (χ1) is 6.63. The molecule has 0 aliphatic heterocycles. The molecule has 0 radical (unpaired) electrons. The smallest absolute Gasteiger partial charge is 0.242 e. The van der Waals surface area contributed by atoms with Crippen molar-refractivity contribution in [3.05, 3.63) is 21.9 Å². The van der Waals surface area contributed by atoms with Gasteiger partial charge in [-0.1, -0.05) is 26.7 Å². The molecule has 3 nitrogen and oxygen atoms in total. The summed E-state index contributed by atoms with van der Waals surface area (Å²) >= 11 is 0. The molecule has 0 spiro atoms. The summed E-state index contributed by atoms with van der Waals surface area (Å²) in [5.74, 6) is 1.17. The van der Waals surface area contributed by atoms with Crippen molar-refractivity contribution in [2.75, 3.05) is 0 Å². The first-order valence-corrected chi connectivity index (χ1v) is 5.48. The van der Waals surface area contributed by atoms with Gasteiger partial charge in [-0.25, -0.2) is 0 Å². The second-order valence-corrected chi connectivity index (χ2v) is 4.30. The van der Waals surface area contributed by atoms with E-state index in [2.05, 4.69) is 6.92 Å². The highest BCUT2D eigenvalue weighted by atomic mass is 16.6. The highest BCUT2D eigenvalue weighted by Gasteiger charge is 2.19.